The van der Waals surface area contributed by atoms with Gasteiger partial charge in [0.1, 0.15) is 11.9 Å². The Morgan fingerprint density at radius 1 is 1.39 bits per heavy atom. The Morgan fingerprint density at radius 2 is 2.17 bits per heavy atom. The summed E-state index contributed by atoms with van der Waals surface area (Å²) in [5.41, 5.74) is -0.340. The van der Waals surface area contributed by atoms with E-state index in [1.54, 1.807) is 12.3 Å². The van der Waals surface area contributed by atoms with Gasteiger partial charge in [0.05, 0.1) is 0 Å². The predicted octanol–water partition coefficient (Wildman–Crippen LogP) is 1.73. The molecule has 2 heterocycles. The Morgan fingerprint density at radius 3 is 2.78 bits per heavy atom. The Bertz CT molecular complexity index is 608. The zero-order valence-electron chi connectivity index (χ0n) is 9.51. The molecule has 0 saturated carbocycles. The average molecular weight is 289 g/mol. The molecule has 0 N–H and O–H groups in total. The van der Waals surface area contributed by atoms with Crippen LogP contribution in [0, 0.1) is 0 Å². The topological polar surface area (TPSA) is 61.9 Å². The second-order valence-corrected chi connectivity index (χ2v) is 4.13. The van der Waals surface area contributed by atoms with Crippen LogP contribution in [0.25, 0.3) is 5.82 Å². The standard InChI is InChI=1S/C10H10Cl2N4O2/c1-2-18-6-16-9(12)5-7(17)10(14-16)15-4-3-8(11)13-15/h3-5H,2,6H2,1H3. The fourth-order valence-electron chi connectivity index (χ4n) is 1.31. The van der Waals surface area contributed by atoms with E-state index in [9.17, 15) is 4.79 Å². The van der Waals surface area contributed by atoms with Crippen molar-refractivity contribution in [1.29, 1.82) is 0 Å². The van der Waals surface area contributed by atoms with Crippen LogP contribution in [0.4, 0.5) is 0 Å². The van der Waals surface area contributed by atoms with Gasteiger partial charge in [0, 0.05) is 18.9 Å². The smallest absolute Gasteiger partial charge is 0.227 e. The molecule has 0 saturated heterocycles. The average Bonchev–Trinajstić information content (AvgIpc) is 2.74. The number of aromatic nitrogens is 4. The van der Waals surface area contributed by atoms with Gasteiger partial charge in [-0.05, 0) is 13.0 Å². The highest BCUT2D eigenvalue weighted by Gasteiger charge is 2.10. The summed E-state index contributed by atoms with van der Waals surface area (Å²) in [5, 5.41) is 8.48. The van der Waals surface area contributed by atoms with E-state index in [2.05, 4.69) is 10.2 Å². The number of halogens is 2. The van der Waals surface area contributed by atoms with E-state index in [0.29, 0.717) is 6.61 Å². The van der Waals surface area contributed by atoms with Crippen LogP contribution >= 0.6 is 23.2 Å². The molecule has 0 aliphatic carbocycles. The summed E-state index contributed by atoms with van der Waals surface area (Å²) in [6.45, 7) is 2.54. The molecule has 0 fully saturated rings. The van der Waals surface area contributed by atoms with Crippen molar-refractivity contribution in [1.82, 2.24) is 19.6 Å². The summed E-state index contributed by atoms with van der Waals surface area (Å²) in [5.74, 6) is 0.117. The predicted molar refractivity (Wildman–Crippen MR) is 67.3 cm³/mol. The molecular weight excluding hydrogens is 279 g/mol. The molecule has 8 heteroatoms. The van der Waals surface area contributed by atoms with Gasteiger partial charge in [-0.25, -0.2) is 9.36 Å². The highest BCUT2D eigenvalue weighted by atomic mass is 35.5. The summed E-state index contributed by atoms with van der Waals surface area (Å²) < 4.78 is 7.86. The molecule has 2 rings (SSSR count). The third-order valence-corrected chi connectivity index (χ3v) is 2.63. The molecule has 2 aromatic rings. The Kier molecular flexibility index (Phi) is 4.00. The molecule has 0 aliphatic heterocycles. The largest absolute Gasteiger partial charge is 0.359 e. The SMILES string of the molecule is CCOCn1nc(-n2ccc(Cl)n2)c(=O)cc1Cl. The minimum Gasteiger partial charge on any atom is -0.359 e. The van der Waals surface area contributed by atoms with Gasteiger partial charge in [-0.3, -0.25) is 4.79 Å². The van der Waals surface area contributed by atoms with Gasteiger partial charge in [0.15, 0.2) is 5.15 Å². The zero-order chi connectivity index (χ0) is 13.1. The van der Waals surface area contributed by atoms with Crippen molar-refractivity contribution >= 4 is 23.2 Å². The lowest BCUT2D eigenvalue weighted by atomic mass is 10.5. The molecule has 0 aliphatic rings. The second kappa shape index (κ2) is 5.51. The van der Waals surface area contributed by atoms with Crippen molar-refractivity contribution in [2.75, 3.05) is 6.61 Å². The van der Waals surface area contributed by atoms with Gasteiger partial charge >= 0.3 is 0 Å². The molecule has 18 heavy (non-hydrogen) atoms. The minimum absolute atomic E-state index is 0.117. The molecule has 0 atom stereocenters. The first-order valence-electron chi connectivity index (χ1n) is 5.18. The van der Waals surface area contributed by atoms with Crippen molar-refractivity contribution in [2.45, 2.75) is 13.7 Å². The summed E-state index contributed by atoms with van der Waals surface area (Å²) in [7, 11) is 0. The number of hydrogen-bond donors (Lipinski definition) is 0. The number of rotatable bonds is 4. The van der Waals surface area contributed by atoms with Crippen molar-refractivity contribution in [3.05, 3.63) is 38.9 Å². The van der Waals surface area contributed by atoms with Crippen molar-refractivity contribution in [3.8, 4) is 5.82 Å². The Labute approximate surface area is 113 Å². The molecule has 0 spiro atoms. The fourth-order valence-corrected chi connectivity index (χ4v) is 1.63. The summed E-state index contributed by atoms with van der Waals surface area (Å²) in [6, 6.07) is 2.82. The quantitative estimate of drug-likeness (QED) is 0.860. The second-order valence-electron chi connectivity index (χ2n) is 3.36. The summed E-state index contributed by atoms with van der Waals surface area (Å²) in [6.07, 6.45) is 1.55. The van der Waals surface area contributed by atoms with Crippen molar-refractivity contribution in [2.24, 2.45) is 0 Å². The molecule has 0 aromatic carbocycles. The van der Waals surface area contributed by atoms with Gasteiger partial charge in [0.25, 0.3) is 0 Å². The lowest BCUT2D eigenvalue weighted by molar-refractivity contribution is 0.0780. The Balaban J connectivity index is 2.44. The van der Waals surface area contributed by atoms with E-state index in [-0.39, 0.29) is 28.3 Å². The normalized spacial score (nSPS) is 10.8. The molecular formula is C10H10Cl2N4O2. The molecule has 6 nitrogen and oxygen atoms in total. The van der Waals surface area contributed by atoms with Crippen LogP contribution in [0.1, 0.15) is 6.92 Å². The van der Waals surface area contributed by atoms with Gasteiger partial charge < -0.3 is 4.74 Å². The van der Waals surface area contributed by atoms with Crippen LogP contribution < -0.4 is 5.43 Å². The van der Waals surface area contributed by atoms with Crippen molar-refractivity contribution in [3.63, 3.8) is 0 Å². The first-order chi connectivity index (χ1) is 8.61. The molecule has 0 bridgehead atoms. The van der Waals surface area contributed by atoms with Crippen LogP contribution in [0.15, 0.2) is 23.1 Å². The lowest BCUT2D eigenvalue weighted by Gasteiger charge is -2.09. The van der Waals surface area contributed by atoms with E-state index < -0.39 is 0 Å². The number of ether oxygens (including phenoxy) is 1. The van der Waals surface area contributed by atoms with E-state index in [1.807, 2.05) is 6.92 Å². The highest BCUT2D eigenvalue weighted by Crippen LogP contribution is 2.09. The molecule has 0 unspecified atom stereocenters. The van der Waals surface area contributed by atoms with Crippen molar-refractivity contribution < 1.29 is 4.74 Å². The van der Waals surface area contributed by atoms with Crippen LogP contribution in [-0.4, -0.2) is 26.2 Å². The first kappa shape index (κ1) is 13.1. The molecule has 2 aromatic heterocycles. The van der Waals surface area contributed by atoms with E-state index >= 15 is 0 Å². The highest BCUT2D eigenvalue weighted by molar-refractivity contribution is 6.29. The van der Waals surface area contributed by atoms with Crippen LogP contribution in [-0.2, 0) is 11.5 Å². The van der Waals surface area contributed by atoms with Crippen LogP contribution in [0.5, 0.6) is 0 Å². The molecule has 0 radical (unpaired) electrons. The van der Waals surface area contributed by atoms with E-state index in [4.69, 9.17) is 27.9 Å². The van der Waals surface area contributed by atoms with Crippen LogP contribution in [0.2, 0.25) is 10.3 Å². The van der Waals surface area contributed by atoms with Gasteiger partial charge in [-0.2, -0.15) is 5.10 Å². The van der Waals surface area contributed by atoms with Gasteiger partial charge in [-0.1, -0.05) is 23.2 Å². The maximum Gasteiger partial charge on any atom is 0.227 e. The number of hydrogen-bond acceptors (Lipinski definition) is 4. The molecule has 96 valence electrons. The lowest BCUT2D eigenvalue weighted by Crippen LogP contribution is -2.20. The van der Waals surface area contributed by atoms with E-state index in [0.717, 1.165) is 0 Å². The van der Waals surface area contributed by atoms with Gasteiger partial charge in [0.2, 0.25) is 11.2 Å². The maximum absolute atomic E-state index is 11.8. The maximum atomic E-state index is 11.8. The van der Waals surface area contributed by atoms with Gasteiger partial charge in [-0.15, -0.1) is 5.10 Å². The first-order valence-corrected chi connectivity index (χ1v) is 5.94. The fraction of sp³-hybridized carbons (Fsp3) is 0.300. The third-order valence-electron chi connectivity index (χ3n) is 2.12. The third kappa shape index (κ3) is 2.72. The minimum atomic E-state index is -0.340. The Hall–Kier alpha value is -1.37. The van der Waals surface area contributed by atoms with Crippen LogP contribution in [0.3, 0.4) is 0 Å². The zero-order valence-corrected chi connectivity index (χ0v) is 11.0. The molecule has 0 amide bonds. The van der Waals surface area contributed by atoms with E-state index in [1.165, 1.54) is 15.4 Å². The summed E-state index contributed by atoms with van der Waals surface area (Å²) in [4.78, 5) is 11.8. The monoisotopic (exact) mass is 288 g/mol. The number of nitrogens with zero attached hydrogens (tertiary/aromatic N) is 4. The summed E-state index contributed by atoms with van der Waals surface area (Å²) >= 11 is 11.6.